The Morgan fingerprint density at radius 1 is 1.42 bits per heavy atom. The number of halogens is 1. The zero-order chi connectivity index (χ0) is 17.5. The fourth-order valence-corrected chi connectivity index (χ4v) is 3.03. The van der Waals surface area contributed by atoms with Gasteiger partial charge >= 0.3 is 5.97 Å². The average molecular weight is 355 g/mol. The number of carbonyl (C=O) groups excluding carboxylic acids is 1. The van der Waals surface area contributed by atoms with Crippen molar-refractivity contribution < 1.29 is 14.7 Å². The van der Waals surface area contributed by atoms with Gasteiger partial charge in [-0.25, -0.2) is 4.98 Å². The van der Waals surface area contributed by atoms with Crippen LogP contribution in [0.15, 0.2) is 18.3 Å². The number of aromatic nitrogens is 1. The van der Waals surface area contributed by atoms with Crippen LogP contribution in [0.25, 0.3) is 0 Å². The van der Waals surface area contributed by atoms with E-state index in [-0.39, 0.29) is 18.5 Å². The predicted octanol–water partition coefficient (Wildman–Crippen LogP) is 1.54. The molecule has 8 heteroatoms. The Bertz CT molecular complexity index is 567. The molecule has 1 aromatic rings. The van der Waals surface area contributed by atoms with E-state index in [0.717, 1.165) is 32.4 Å². The molecule has 24 heavy (non-hydrogen) atoms. The number of amides is 1. The summed E-state index contributed by atoms with van der Waals surface area (Å²) in [6, 6.07) is 3.59. The van der Waals surface area contributed by atoms with Gasteiger partial charge in [-0.05, 0) is 45.0 Å². The molecule has 0 aromatic carbocycles. The highest BCUT2D eigenvalue weighted by molar-refractivity contribution is 6.30. The molecule has 1 saturated heterocycles. The summed E-state index contributed by atoms with van der Waals surface area (Å²) >= 11 is 5.77. The number of aliphatic carboxylic acids is 1. The van der Waals surface area contributed by atoms with Gasteiger partial charge in [0.15, 0.2) is 0 Å². The number of pyridine rings is 1. The smallest absolute Gasteiger partial charge is 0.317 e. The molecule has 0 bridgehead atoms. The number of nitrogens with one attached hydrogen (secondary N) is 1. The largest absolute Gasteiger partial charge is 0.480 e. The highest BCUT2D eigenvalue weighted by atomic mass is 35.5. The van der Waals surface area contributed by atoms with Gasteiger partial charge < -0.3 is 10.4 Å². The molecule has 1 unspecified atom stereocenters. The Kier molecular flexibility index (Phi) is 6.96. The van der Waals surface area contributed by atoms with Crippen LogP contribution in [0.1, 0.15) is 19.3 Å². The standard InChI is InChI=1S/C16H23ClN4O3/c1-20(11-16(23)24)13-3-2-7-21(8-6-13)10-15(22)19-14-5-4-12(17)9-18-14/h4-5,9,13H,2-3,6-8,10-11H2,1H3,(H,23,24)(H,18,19,22). The van der Waals surface area contributed by atoms with Crippen LogP contribution in [-0.4, -0.2) is 71.0 Å². The monoisotopic (exact) mass is 354 g/mol. The van der Waals surface area contributed by atoms with E-state index in [1.165, 1.54) is 6.20 Å². The summed E-state index contributed by atoms with van der Waals surface area (Å²) in [5, 5.41) is 12.2. The van der Waals surface area contributed by atoms with Gasteiger partial charge in [0.1, 0.15) is 5.82 Å². The van der Waals surface area contributed by atoms with Crippen molar-refractivity contribution in [3.8, 4) is 0 Å². The van der Waals surface area contributed by atoms with Crippen LogP contribution in [0.4, 0.5) is 5.82 Å². The lowest BCUT2D eigenvalue weighted by atomic mass is 10.1. The molecular formula is C16H23ClN4O3. The van der Waals surface area contributed by atoms with E-state index in [0.29, 0.717) is 17.4 Å². The van der Waals surface area contributed by atoms with Crippen molar-refractivity contribution in [2.24, 2.45) is 0 Å². The summed E-state index contributed by atoms with van der Waals surface area (Å²) in [5.74, 6) is -0.436. The number of hydrogen-bond acceptors (Lipinski definition) is 5. The Morgan fingerprint density at radius 3 is 2.88 bits per heavy atom. The van der Waals surface area contributed by atoms with Crippen LogP contribution in [-0.2, 0) is 9.59 Å². The summed E-state index contributed by atoms with van der Waals surface area (Å²) < 4.78 is 0. The second kappa shape index (κ2) is 8.96. The Labute approximate surface area is 146 Å². The number of carboxylic acid groups (broad SMARTS) is 1. The lowest BCUT2D eigenvalue weighted by Crippen LogP contribution is -2.37. The van der Waals surface area contributed by atoms with Crippen LogP contribution in [0.5, 0.6) is 0 Å². The van der Waals surface area contributed by atoms with E-state index in [2.05, 4.69) is 15.2 Å². The first-order valence-electron chi connectivity index (χ1n) is 8.00. The van der Waals surface area contributed by atoms with Gasteiger partial charge in [-0.1, -0.05) is 11.6 Å². The normalized spacial score (nSPS) is 19.0. The van der Waals surface area contributed by atoms with Gasteiger partial charge in [0.05, 0.1) is 18.1 Å². The second-order valence-electron chi connectivity index (χ2n) is 6.08. The Balaban J connectivity index is 1.80. The fraction of sp³-hybridized carbons (Fsp3) is 0.562. The Morgan fingerprint density at radius 2 is 2.21 bits per heavy atom. The minimum Gasteiger partial charge on any atom is -0.480 e. The molecule has 0 aliphatic carbocycles. The molecule has 7 nitrogen and oxygen atoms in total. The minimum absolute atomic E-state index is 0.0490. The lowest BCUT2D eigenvalue weighted by Gasteiger charge is -2.25. The molecule has 1 aliphatic rings. The van der Waals surface area contributed by atoms with Crippen molar-refractivity contribution in [1.29, 1.82) is 0 Å². The second-order valence-corrected chi connectivity index (χ2v) is 6.52. The van der Waals surface area contributed by atoms with E-state index in [4.69, 9.17) is 16.7 Å². The maximum Gasteiger partial charge on any atom is 0.317 e. The van der Waals surface area contributed by atoms with Gasteiger partial charge in [0.2, 0.25) is 5.91 Å². The number of anilines is 1. The van der Waals surface area contributed by atoms with E-state index in [1.807, 2.05) is 11.9 Å². The van der Waals surface area contributed by atoms with Crippen molar-refractivity contribution in [3.05, 3.63) is 23.4 Å². The molecule has 0 saturated carbocycles. The molecule has 1 amide bonds. The first kappa shape index (κ1) is 18.6. The summed E-state index contributed by atoms with van der Waals surface area (Å²) in [6.07, 6.45) is 4.24. The minimum atomic E-state index is -0.812. The average Bonchev–Trinajstić information content (AvgIpc) is 2.74. The summed E-state index contributed by atoms with van der Waals surface area (Å²) in [4.78, 5) is 31.0. The predicted molar refractivity (Wildman–Crippen MR) is 92.2 cm³/mol. The molecule has 0 radical (unpaired) electrons. The van der Waals surface area contributed by atoms with Crippen molar-refractivity contribution in [1.82, 2.24) is 14.8 Å². The maximum atomic E-state index is 12.1. The fourth-order valence-electron chi connectivity index (χ4n) is 2.91. The molecule has 0 spiro atoms. The summed E-state index contributed by atoms with van der Waals surface area (Å²) in [5.41, 5.74) is 0. The van der Waals surface area contributed by atoms with E-state index >= 15 is 0 Å². The summed E-state index contributed by atoms with van der Waals surface area (Å²) in [7, 11) is 1.84. The van der Waals surface area contributed by atoms with Gasteiger partial charge in [-0.15, -0.1) is 0 Å². The van der Waals surface area contributed by atoms with E-state index in [1.54, 1.807) is 12.1 Å². The van der Waals surface area contributed by atoms with E-state index in [9.17, 15) is 9.59 Å². The third-order valence-corrected chi connectivity index (χ3v) is 4.38. The topological polar surface area (TPSA) is 85.8 Å². The number of rotatable bonds is 6. The molecule has 2 N–H and O–H groups in total. The Hall–Kier alpha value is -1.70. The zero-order valence-corrected chi connectivity index (χ0v) is 14.5. The summed E-state index contributed by atoms with van der Waals surface area (Å²) in [6.45, 7) is 1.96. The zero-order valence-electron chi connectivity index (χ0n) is 13.7. The third-order valence-electron chi connectivity index (χ3n) is 4.16. The number of likely N-dealkylation sites (N-methyl/N-ethyl adjacent to an activating group) is 1. The van der Waals surface area contributed by atoms with Crippen molar-refractivity contribution in [2.75, 3.05) is 38.5 Å². The lowest BCUT2D eigenvalue weighted by molar-refractivity contribution is -0.138. The van der Waals surface area contributed by atoms with Gasteiger partial charge in [0.25, 0.3) is 0 Å². The molecule has 1 fully saturated rings. The van der Waals surface area contributed by atoms with Crippen LogP contribution < -0.4 is 5.32 Å². The van der Waals surface area contributed by atoms with Crippen LogP contribution in [0, 0.1) is 0 Å². The van der Waals surface area contributed by atoms with Gasteiger partial charge in [0, 0.05) is 18.8 Å². The number of carbonyl (C=O) groups is 2. The molecule has 2 heterocycles. The number of carboxylic acids is 1. The van der Waals surface area contributed by atoms with Crippen LogP contribution in [0.2, 0.25) is 5.02 Å². The molecule has 1 aliphatic heterocycles. The highest BCUT2D eigenvalue weighted by Gasteiger charge is 2.22. The molecule has 2 rings (SSSR count). The molecule has 132 valence electrons. The maximum absolute atomic E-state index is 12.1. The first-order chi connectivity index (χ1) is 11.4. The molecule has 1 atom stereocenters. The number of hydrogen-bond donors (Lipinski definition) is 2. The van der Waals surface area contributed by atoms with Crippen molar-refractivity contribution in [2.45, 2.75) is 25.3 Å². The number of likely N-dealkylation sites (tertiary alicyclic amines) is 1. The molecule has 1 aromatic heterocycles. The highest BCUT2D eigenvalue weighted by Crippen LogP contribution is 2.16. The quantitative estimate of drug-likeness (QED) is 0.806. The SMILES string of the molecule is CN(CC(=O)O)C1CCCN(CC(=O)Nc2ccc(Cl)cn2)CC1. The van der Waals surface area contributed by atoms with E-state index < -0.39 is 5.97 Å². The third kappa shape index (κ3) is 6.07. The van der Waals surface area contributed by atoms with Crippen LogP contribution in [0.3, 0.4) is 0 Å². The van der Waals surface area contributed by atoms with Crippen LogP contribution >= 0.6 is 11.6 Å². The van der Waals surface area contributed by atoms with Gasteiger partial charge in [-0.2, -0.15) is 0 Å². The van der Waals surface area contributed by atoms with Crippen molar-refractivity contribution in [3.63, 3.8) is 0 Å². The van der Waals surface area contributed by atoms with Gasteiger partial charge in [-0.3, -0.25) is 19.4 Å². The van der Waals surface area contributed by atoms with Crippen molar-refractivity contribution >= 4 is 29.3 Å². The molecular weight excluding hydrogens is 332 g/mol. The first-order valence-corrected chi connectivity index (χ1v) is 8.37. The number of nitrogens with zero attached hydrogens (tertiary/aromatic N) is 3.